The van der Waals surface area contributed by atoms with Gasteiger partial charge in [-0.1, -0.05) is 0 Å². The van der Waals surface area contributed by atoms with Crippen molar-refractivity contribution in [3.8, 4) is 0 Å². The van der Waals surface area contributed by atoms with Crippen molar-refractivity contribution < 1.29 is 14.6 Å². The number of aliphatic hydroxyl groups is 2. The van der Waals surface area contributed by atoms with Gasteiger partial charge in [0.15, 0.2) is 0 Å². The Balaban J connectivity index is 3.13. The quantitative estimate of drug-likeness (QED) is 0.536. The average molecular weight is 214 g/mol. The zero-order chi connectivity index (χ0) is 11.6. The number of halogens is 1. The summed E-state index contributed by atoms with van der Waals surface area (Å²) in [6.45, 7) is 1.55. The van der Waals surface area contributed by atoms with Gasteiger partial charge in [0.1, 0.15) is 11.9 Å². The van der Waals surface area contributed by atoms with Gasteiger partial charge in [-0.15, -0.1) is 0 Å². The van der Waals surface area contributed by atoms with E-state index in [1.165, 1.54) is 6.07 Å². The second-order valence-corrected chi connectivity index (χ2v) is 3.46. The fraction of sp³-hybridized carbons (Fsp3) is 0.400. The highest BCUT2D eigenvalue weighted by Crippen LogP contribution is 2.25. The molecule has 1 rings (SSSR count). The molecule has 0 amide bonds. The summed E-state index contributed by atoms with van der Waals surface area (Å²) in [6.07, 6.45) is -2.34. The van der Waals surface area contributed by atoms with Crippen molar-refractivity contribution in [3.05, 3.63) is 29.1 Å². The largest absolute Gasteiger partial charge is 0.398 e. The average Bonchev–Trinajstić information content (AvgIpc) is 2.21. The van der Waals surface area contributed by atoms with E-state index in [9.17, 15) is 14.6 Å². The molecule has 0 fully saturated rings. The summed E-state index contributed by atoms with van der Waals surface area (Å²) < 4.78 is 13.0. The van der Waals surface area contributed by atoms with Crippen LogP contribution in [0.5, 0.6) is 0 Å². The van der Waals surface area contributed by atoms with Gasteiger partial charge in [0.05, 0.1) is 6.10 Å². The second-order valence-electron chi connectivity index (χ2n) is 3.46. The molecule has 0 spiro atoms. The van der Waals surface area contributed by atoms with Crippen molar-refractivity contribution in [2.24, 2.45) is 5.73 Å². The Morgan fingerprint density at radius 2 is 2.00 bits per heavy atom. The molecular formula is C10H15FN2O2. The van der Waals surface area contributed by atoms with Crippen LogP contribution in [0.2, 0.25) is 0 Å². The number of hydrogen-bond donors (Lipinski definition) is 4. The SMILES string of the molecule is Cc1c(N)cc(F)cc1C(O)C(O)CN. The van der Waals surface area contributed by atoms with Gasteiger partial charge in [-0.2, -0.15) is 0 Å². The van der Waals surface area contributed by atoms with Crippen LogP contribution in [-0.4, -0.2) is 22.9 Å². The van der Waals surface area contributed by atoms with Crippen molar-refractivity contribution in [2.75, 3.05) is 12.3 Å². The monoisotopic (exact) mass is 214 g/mol. The Kier molecular flexibility index (Phi) is 3.62. The van der Waals surface area contributed by atoms with Gasteiger partial charge in [-0.05, 0) is 30.2 Å². The molecule has 1 aromatic rings. The summed E-state index contributed by atoms with van der Waals surface area (Å²) in [4.78, 5) is 0. The smallest absolute Gasteiger partial charge is 0.125 e. The predicted octanol–water partition coefficient (Wildman–Crippen LogP) is 0.0693. The Hall–Kier alpha value is -1.17. The number of aliphatic hydroxyl groups excluding tert-OH is 2. The molecule has 2 unspecified atom stereocenters. The highest BCUT2D eigenvalue weighted by atomic mass is 19.1. The van der Waals surface area contributed by atoms with Crippen LogP contribution in [0.4, 0.5) is 10.1 Å². The Morgan fingerprint density at radius 1 is 1.40 bits per heavy atom. The predicted molar refractivity (Wildman–Crippen MR) is 55.6 cm³/mol. The van der Waals surface area contributed by atoms with Gasteiger partial charge < -0.3 is 21.7 Å². The molecule has 0 aliphatic rings. The fourth-order valence-corrected chi connectivity index (χ4v) is 1.37. The van der Waals surface area contributed by atoms with Gasteiger partial charge in [0.25, 0.3) is 0 Å². The van der Waals surface area contributed by atoms with Gasteiger partial charge in [0.2, 0.25) is 0 Å². The van der Waals surface area contributed by atoms with Crippen molar-refractivity contribution in [1.29, 1.82) is 0 Å². The third-order valence-corrected chi connectivity index (χ3v) is 2.38. The van der Waals surface area contributed by atoms with E-state index < -0.39 is 18.0 Å². The van der Waals surface area contributed by atoms with Crippen molar-refractivity contribution in [3.63, 3.8) is 0 Å². The summed E-state index contributed by atoms with van der Waals surface area (Å²) in [7, 11) is 0. The first kappa shape index (κ1) is 11.9. The molecule has 4 nitrogen and oxygen atoms in total. The molecule has 5 heteroatoms. The molecule has 6 N–H and O–H groups in total. The highest BCUT2D eigenvalue weighted by molar-refractivity contribution is 5.51. The highest BCUT2D eigenvalue weighted by Gasteiger charge is 2.20. The summed E-state index contributed by atoms with van der Waals surface area (Å²) >= 11 is 0. The van der Waals surface area contributed by atoms with Crippen LogP contribution in [0.3, 0.4) is 0 Å². The van der Waals surface area contributed by atoms with E-state index in [1.807, 2.05) is 0 Å². The van der Waals surface area contributed by atoms with Gasteiger partial charge in [-0.3, -0.25) is 0 Å². The van der Waals surface area contributed by atoms with Crippen molar-refractivity contribution in [1.82, 2.24) is 0 Å². The summed E-state index contributed by atoms with van der Waals surface area (Å²) in [5.74, 6) is -0.545. The number of rotatable bonds is 3. The maximum Gasteiger partial charge on any atom is 0.125 e. The van der Waals surface area contributed by atoms with Gasteiger partial charge in [0, 0.05) is 12.2 Å². The Morgan fingerprint density at radius 3 is 2.53 bits per heavy atom. The lowest BCUT2D eigenvalue weighted by atomic mass is 9.98. The van der Waals surface area contributed by atoms with Crippen LogP contribution in [-0.2, 0) is 0 Å². The zero-order valence-corrected chi connectivity index (χ0v) is 8.44. The number of nitrogen functional groups attached to an aromatic ring is 1. The molecule has 0 aliphatic heterocycles. The molecule has 0 saturated heterocycles. The second kappa shape index (κ2) is 4.57. The first-order valence-electron chi connectivity index (χ1n) is 4.59. The number of benzene rings is 1. The standard InChI is InChI=1S/C10H15FN2O2/c1-5-7(10(15)9(14)4-12)2-6(11)3-8(5)13/h2-3,9-10,14-15H,4,12-13H2,1H3. The minimum atomic E-state index is -1.21. The summed E-state index contributed by atoms with van der Waals surface area (Å²) in [5.41, 5.74) is 11.8. The summed E-state index contributed by atoms with van der Waals surface area (Å²) in [5, 5.41) is 19.0. The van der Waals surface area contributed by atoms with E-state index in [2.05, 4.69) is 0 Å². The molecule has 2 atom stereocenters. The van der Waals surface area contributed by atoms with E-state index in [-0.39, 0.29) is 17.8 Å². The molecule has 84 valence electrons. The van der Waals surface area contributed by atoms with Gasteiger partial charge >= 0.3 is 0 Å². The molecule has 0 saturated carbocycles. The Labute approximate surface area is 87.3 Å². The molecule has 0 radical (unpaired) electrons. The van der Waals surface area contributed by atoms with E-state index in [0.717, 1.165) is 6.07 Å². The van der Waals surface area contributed by atoms with Crippen LogP contribution in [0.25, 0.3) is 0 Å². The zero-order valence-electron chi connectivity index (χ0n) is 8.44. The number of nitrogens with two attached hydrogens (primary N) is 2. The molecule has 15 heavy (non-hydrogen) atoms. The Bertz CT molecular complexity index is 358. The third-order valence-electron chi connectivity index (χ3n) is 2.38. The topological polar surface area (TPSA) is 92.5 Å². The van der Waals surface area contributed by atoms with E-state index >= 15 is 0 Å². The first-order valence-corrected chi connectivity index (χ1v) is 4.59. The number of anilines is 1. The maximum atomic E-state index is 13.0. The van der Waals surface area contributed by atoms with Crippen LogP contribution >= 0.6 is 0 Å². The minimum absolute atomic E-state index is 0.100. The van der Waals surface area contributed by atoms with Crippen molar-refractivity contribution in [2.45, 2.75) is 19.1 Å². The molecule has 0 aliphatic carbocycles. The molecule has 0 bridgehead atoms. The molecular weight excluding hydrogens is 199 g/mol. The first-order chi connectivity index (χ1) is 6.97. The lowest BCUT2D eigenvalue weighted by Crippen LogP contribution is -2.27. The van der Waals surface area contributed by atoms with Crippen molar-refractivity contribution >= 4 is 5.69 Å². The molecule has 0 heterocycles. The lowest BCUT2D eigenvalue weighted by Gasteiger charge is -2.19. The minimum Gasteiger partial charge on any atom is -0.398 e. The molecule has 1 aromatic carbocycles. The van der Waals surface area contributed by atoms with Crippen LogP contribution < -0.4 is 11.5 Å². The fourth-order valence-electron chi connectivity index (χ4n) is 1.37. The third kappa shape index (κ3) is 2.44. The van der Waals surface area contributed by atoms with Crippen LogP contribution in [0.15, 0.2) is 12.1 Å². The van der Waals surface area contributed by atoms with E-state index in [1.54, 1.807) is 6.92 Å². The maximum absolute atomic E-state index is 13.0. The lowest BCUT2D eigenvalue weighted by molar-refractivity contribution is 0.0238. The van der Waals surface area contributed by atoms with E-state index in [0.29, 0.717) is 5.56 Å². The van der Waals surface area contributed by atoms with Gasteiger partial charge in [-0.25, -0.2) is 4.39 Å². The van der Waals surface area contributed by atoms with Crippen LogP contribution in [0, 0.1) is 12.7 Å². The normalized spacial score (nSPS) is 15.0. The summed E-state index contributed by atoms with van der Waals surface area (Å²) in [6, 6.07) is 2.32. The number of hydrogen-bond acceptors (Lipinski definition) is 4. The van der Waals surface area contributed by atoms with E-state index in [4.69, 9.17) is 11.5 Å². The van der Waals surface area contributed by atoms with Crippen LogP contribution in [0.1, 0.15) is 17.2 Å². The molecule has 0 aromatic heterocycles.